The molecular formula is C29H29F2N5O3. The highest BCUT2D eigenvalue weighted by Crippen LogP contribution is 2.30. The topological polar surface area (TPSA) is 85.0 Å². The van der Waals surface area contributed by atoms with Crippen LogP contribution in [0.3, 0.4) is 0 Å². The summed E-state index contributed by atoms with van der Waals surface area (Å²) in [6.07, 6.45) is 0. The molecule has 0 spiro atoms. The van der Waals surface area contributed by atoms with Gasteiger partial charge in [0, 0.05) is 69.0 Å². The predicted molar refractivity (Wildman–Crippen MR) is 144 cm³/mol. The average molecular weight is 534 g/mol. The number of hydrogen-bond donors (Lipinski definition) is 2. The van der Waals surface area contributed by atoms with Crippen molar-refractivity contribution in [3.63, 3.8) is 0 Å². The van der Waals surface area contributed by atoms with Crippen molar-refractivity contribution in [3.05, 3.63) is 95.1 Å². The Morgan fingerprint density at radius 1 is 0.641 bits per heavy atom. The summed E-state index contributed by atoms with van der Waals surface area (Å²) < 4.78 is 26.7. The molecule has 0 atom stereocenters. The number of halogens is 2. The van der Waals surface area contributed by atoms with Crippen molar-refractivity contribution in [2.75, 3.05) is 62.6 Å². The van der Waals surface area contributed by atoms with Gasteiger partial charge in [0.2, 0.25) is 0 Å². The maximum absolute atomic E-state index is 13.4. The van der Waals surface area contributed by atoms with Gasteiger partial charge in [-0.15, -0.1) is 0 Å². The van der Waals surface area contributed by atoms with Gasteiger partial charge in [-0.3, -0.25) is 14.4 Å². The van der Waals surface area contributed by atoms with Gasteiger partial charge in [0.05, 0.1) is 11.4 Å². The number of piperazine rings is 2. The maximum Gasteiger partial charge on any atom is 0.255 e. The first-order chi connectivity index (χ1) is 18.9. The lowest BCUT2D eigenvalue weighted by Crippen LogP contribution is -2.49. The number of carbonyl (C=O) groups excluding carboxylic acids is 3. The summed E-state index contributed by atoms with van der Waals surface area (Å²) in [5.41, 5.74) is 2.35. The number of rotatable bonds is 5. The van der Waals surface area contributed by atoms with E-state index in [1.54, 1.807) is 21.9 Å². The van der Waals surface area contributed by atoms with Crippen LogP contribution in [-0.4, -0.2) is 79.9 Å². The lowest BCUT2D eigenvalue weighted by Gasteiger charge is -2.37. The first-order valence-electron chi connectivity index (χ1n) is 12.9. The fourth-order valence-electron chi connectivity index (χ4n) is 4.82. The quantitative estimate of drug-likeness (QED) is 0.526. The minimum Gasteiger partial charge on any atom is -0.366 e. The SMILES string of the molecule is O=C(Nc1cc(C(=O)N2CCNCC2)ccc1N1CCN(C(=O)c2ccc(F)cc2)CC1)c1ccc(F)cc1. The smallest absolute Gasteiger partial charge is 0.255 e. The van der Waals surface area contributed by atoms with Crippen molar-refractivity contribution in [2.45, 2.75) is 0 Å². The molecule has 8 nitrogen and oxygen atoms in total. The van der Waals surface area contributed by atoms with Gasteiger partial charge in [0.15, 0.2) is 0 Å². The fraction of sp³-hybridized carbons (Fsp3) is 0.276. The highest BCUT2D eigenvalue weighted by atomic mass is 19.1. The van der Waals surface area contributed by atoms with Crippen LogP contribution in [0, 0.1) is 11.6 Å². The lowest BCUT2D eigenvalue weighted by molar-refractivity contribution is 0.0731. The molecule has 39 heavy (non-hydrogen) atoms. The van der Waals surface area contributed by atoms with Crippen LogP contribution in [0.5, 0.6) is 0 Å². The largest absolute Gasteiger partial charge is 0.366 e. The molecule has 2 fully saturated rings. The van der Waals surface area contributed by atoms with Gasteiger partial charge in [-0.2, -0.15) is 0 Å². The monoisotopic (exact) mass is 533 g/mol. The molecule has 202 valence electrons. The van der Waals surface area contributed by atoms with Crippen molar-refractivity contribution >= 4 is 29.1 Å². The molecular weight excluding hydrogens is 504 g/mol. The Morgan fingerprint density at radius 2 is 1.15 bits per heavy atom. The number of nitrogens with zero attached hydrogens (tertiary/aromatic N) is 3. The zero-order chi connectivity index (χ0) is 27.4. The van der Waals surface area contributed by atoms with Gasteiger partial charge in [-0.05, 0) is 66.7 Å². The van der Waals surface area contributed by atoms with Crippen LogP contribution in [0.4, 0.5) is 20.2 Å². The van der Waals surface area contributed by atoms with E-state index in [1.807, 2.05) is 11.0 Å². The van der Waals surface area contributed by atoms with E-state index in [-0.39, 0.29) is 17.4 Å². The standard InChI is InChI=1S/C29H29F2N5O3/c30-23-6-1-20(2-7-23)27(37)33-25-19-22(29(39)35-13-11-32-12-14-35)5-10-26(25)34-15-17-36(18-16-34)28(38)21-3-8-24(31)9-4-21/h1-10,19,32H,11-18H2,(H,33,37). The van der Waals surface area contributed by atoms with Gasteiger partial charge in [0.25, 0.3) is 17.7 Å². The second-order valence-corrected chi connectivity index (χ2v) is 9.52. The highest BCUT2D eigenvalue weighted by molar-refractivity contribution is 6.07. The molecule has 2 heterocycles. The van der Waals surface area contributed by atoms with E-state index >= 15 is 0 Å². The van der Waals surface area contributed by atoms with Gasteiger partial charge in [-0.25, -0.2) is 8.78 Å². The van der Waals surface area contributed by atoms with Crippen LogP contribution in [0.15, 0.2) is 66.7 Å². The Kier molecular flexibility index (Phi) is 7.83. The molecule has 2 N–H and O–H groups in total. The van der Waals surface area contributed by atoms with Gasteiger partial charge >= 0.3 is 0 Å². The van der Waals surface area contributed by atoms with Crippen molar-refractivity contribution < 1.29 is 23.2 Å². The Bertz CT molecular complexity index is 1350. The predicted octanol–water partition coefficient (Wildman–Crippen LogP) is 3.22. The molecule has 0 bridgehead atoms. The molecule has 0 saturated carbocycles. The third-order valence-corrected chi connectivity index (χ3v) is 7.00. The van der Waals surface area contributed by atoms with Crippen LogP contribution >= 0.6 is 0 Å². The molecule has 0 aliphatic carbocycles. The second kappa shape index (κ2) is 11.6. The van der Waals surface area contributed by atoms with Crippen molar-refractivity contribution in [1.82, 2.24) is 15.1 Å². The third kappa shape index (κ3) is 6.06. The highest BCUT2D eigenvalue weighted by Gasteiger charge is 2.26. The summed E-state index contributed by atoms with van der Waals surface area (Å²) in [5.74, 6) is -1.55. The van der Waals surface area contributed by atoms with E-state index in [1.165, 1.54) is 48.5 Å². The van der Waals surface area contributed by atoms with E-state index in [2.05, 4.69) is 10.6 Å². The zero-order valence-electron chi connectivity index (χ0n) is 21.3. The molecule has 2 aliphatic rings. The Morgan fingerprint density at radius 3 is 1.77 bits per heavy atom. The third-order valence-electron chi connectivity index (χ3n) is 7.00. The Balaban J connectivity index is 1.36. The fourth-order valence-corrected chi connectivity index (χ4v) is 4.82. The number of carbonyl (C=O) groups is 3. The number of nitrogens with one attached hydrogen (secondary N) is 2. The number of benzene rings is 3. The summed E-state index contributed by atoms with van der Waals surface area (Å²) in [7, 11) is 0. The number of amides is 3. The molecule has 3 aromatic rings. The summed E-state index contributed by atoms with van der Waals surface area (Å²) >= 11 is 0. The maximum atomic E-state index is 13.4. The molecule has 0 aromatic heterocycles. The van der Waals surface area contributed by atoms with Crippen LogP contribution in [0.25, 0.3) is 0 Å². The van der Waals surface area contributed by atoms with E-state index in [9.17, 15) is 23.2 Å². The minimum absolute atomic E-state index is 0.116. The van der Waals surface area contributed by atoms with Crippen LogP contribution in [0.1, 0.15) is 31.1 Å². The van der Waals surface area contributed by atoms with E-state index in [0.29, 0.717) is 56.1 Å². The van der Waals surface area contributed by atoms with Gasteiger partial charge < -0.3 is 25.3 Å². The van der Waals surface area contributed by atoms with Crippen molar-refractivity contribution in [2.24, 2.45) is 0 Å². The minimum atomic E-state index is -0.441. The second-order valence-electron chi connectivity index (χ2n) is 9.52. The molecule has 2 saturated heterocycles. The van der Waals surface area contributed by atoms with E-state index in [0.717, 1.165) is 18.8 Å². The molecule has 2 aliphatic heterocycles. The molecule has 3 amide bonds. The molecule has 3 aromatic carbocycles. The van der Waals surface area contributed by atoms with Gasteiger partial charge in [-0.1, -0.05) is 0 Å². The average Bonchev–Trinajstić information content (AvgIpc) is 2.97. The lowest BCUT2D eigenvalue weighted by atomic mass is 10.1. The first-order valence-corrected chi connectivity index (χ1v) is 12.9. The number of anilines is 2. The molecule has 0 radical (unpaired) electrons. The van der Waals surface area contributed by atoms with E-state index < -0.39 is 17.5 Å². The van der Waals surface area contributed by atoms with Crippen LogP contribution in [0.2, 0.25) is 0 Å². The summed E-state index contributed by atoms with van der Waals surface area (Å²) in [5, 5.41) is 6.13. The Labute approximate surface area is 225 Å². The van der Waals surface area contributed by atoms with Gasteiger partial charge in [0.1, 0.15) is 11.6 Å². The van der Waals surface area contributed by atoms with Crippen molar-refractivity contribution in [3.8, 4) is 0 Å². The summed E-state index contributed by atoms with van der Waals surface area (Å²) in [6.45, 7) is 4.50. The first kappa shape index (κ1) is 26.3. The van der Waals surface area contributed by atoms with E-state index in [4.69, 9.17) is 0 Å². The normalized spacial score (nSPS) is 15.7. The van der Waals surface area contributed by atoms with Crippen LogP contribution < -0.4 is 15.5 Å². The molecule has 10 heteroatoms. The molecule has 5 rings (SSSR count). The van der Waals surface area contributed by atoms with Crippen LogP contribution in [-0.2, 0) is 0 Å². The summed E-state index contributed by atoms with van der Waals surface area (Å²) in [4.78, 5) is 44.6. The Hall–Kier alpha value is -4.31. The van der Waals surface area contributed by atoms with Crippen molar-refractivity contribution in [1.29, 1.82) is 0 Å². The summed E-state index contributed by atoms with van der Waals surface area (Å²) in [6, 6.07) is 16.0. The molecule has 0 unspecified atom stereocenters. The zero-order valence-corrected chi connectivity index (χ0v) is 21.3. The number of hydrogen-bond acceptors (Lipinski definition) is 5.